The third-order valence-electron chi connectivity index (χ3n) is 4.78. The molecule has 0 radical (unpaired) electrons. The van der Waals surface area contributed by atoms with Gasteiger partial charge in [0.15, 0.2) is 5.76 Å². The smallest absolute Gasteiger partial charge is 0.289 e. The Bertz CT molecular complexity index is 921. The third kappa shape index (κ3) is 5.33. The summed E-state index contributed by atoms with van der Waals surface area (Å²) in [5, 5.41) is 16.6. The van der Waals surface area contributed by atoms with E-state index >= 15 is 0 Å². The molecule has 0 aliphatic carbocycles. The van der Waals surface area contributed by atoms with Crippen molar-refractivity contribution in [2.75, 3.05) is 25.0 Å². The van der Waals surface area contributed by atoms with Crippen molar-refractivity contribution in [2.24, 2.45) is 0 Å². The van der Waals surface area contributed by atoms with Gasteiger partial charge in [-0.05, 0) is 38.0 Å². The van der Waals surface area contributed by atoms with Crippen LogP contribution in [0.15, 0.2) is 34.9 Å². The number of likely N-dealkylation sites (tertiary alicyclic amines) is 1. The molecule has 2 N–H and O–H groups in total. The molecule has 0 atom stereocenters. The van der Waals surface area contributed by atoms with E-state index in [2.05, 4.69) is 10.6 Å². The average molecular weight is 421 g/mol. The van der Waals surface area contributed by atoms with Gasteiger partial charge in [0.1, 0.15) is 5.02 Å². The highest BCUT2D eigenvalue weighted by atomic mass is 35.5. The Morgan fingerprint density at radius 2 is 2.03 bits per heavy atom. The highest BCUT2D eigenvalue weighted by molar-refractivity contribution is 6.32. The minimum atomic E-state index is -0.596. The number of carbonyl (C=O) groups excluding carboxylic acids is 2. The number of benzene rings is 1. The van der Waals surface area contributed by atoms with Crippen LogP contribution in [0.1, 0.15) is 29.0 Å². The fourth-order valence-corrected chi connectivity index (χ4v) is 3.41. The number of hydrogen-bond acceptors (Lipinski definition) is 6. The Labute approximate surface area is 172 Å². The van der Waals surface area contributed by atoms with Gasteiger partial charge in [-0.15, -0.1) is 0 Å². The molecule has 9 nitrogen and oxygen atoms in total. The highest BCUT2D eigenvalue weighted by Gasteiger charge is 2.24. The van der Waals surface area contributed by atoms with Crippen molar-refractivity contribution in [1.82, 2.24) is 10.2 Å². The van der Waals surface area contributed by atoms with Crippen LogP contribution in [0.3, 0.4) is 0 Å². The summed E-state index contributed by atoms with van der Waals surface area (Å²) in [6.07, 6.45) is 2.91. The zero-order valence-corrected chi connectivity index (χ0v) is 16.6. The first kappa shape index (κ1) is 20.8. The Hall–Kier alpha value is -2.91. The molecule has 154 valence electrons. The summed E-state index contributed by atoms with van der Waals surface area (Å²) in [4.78, 5) is 36.8. The van der Waals surface area contributed by atoms with Crippen molar-refractivity contribution in [3.63, 3.8) is 0 Å². The number of piperidine rings is 1. The number of carbonyl (C=O) groups is 2. The number of halogens is 1. The largest absolute Gasteiger partial charge is 0.459 e. The number of anilines is 1. The van der Waals surface area contributed by atoms with Crippen molar-refractivity contribution in [3.8, 4) is 0 Å². The summed E-state index contributed by atoms with van der Waals surface area (Å²) in [5.41, 5.74) is 0.855. The predicted octanol–water partition coefficient (Wildman–Crippen LogP) is 2.98. The van der Waals surface area contributed by atoms with Gasteiger partial charge in [0.05, 0.1) is 17.7 Å². The summed E-state index contributed by atoms with van der Waals surface area (Å²) in [6, 6.07) is 5.89. The molecule has 1 fully saturated rings. The molecule has 1 saturated heterocycles. The SMILES string of the molecule is Cc1ccoc1C(=O)NC1CCN(CC(=O)Nc2ccc(Cl)c([N+](=O)[O-])c2)CC1. The topological polar surface area (TPSA) is 118 Å². The van der Waals surface area contributed by atoms with Crippen molar-refractivity contribution < 1.29 is 18.9 Å². The monoisotopic (exact) mass is 420 g/mol. The lowest BCUT2D eigenvalue weighted by Crippen LogP contribution is -2.46. The second-order valence-corrected chi connectivity index (χ2v) is 7.34. The molecule has 0 unspecified atom stereocenters. The minimum Gasteiger partial charge on any atom is -0.459 e. The molecule has 2 heterocycles. The molecular formula is C19H21ClN4O5. The van der Waals surface area contributed by atoms with Gasteiger partial charge in [0, 0.05) is 36.4 Å². The van der Waals surface area contributed by atoms with E-state index in [1.165, 1.54) is 24.5 Å². The number of nitro benzene ring substituents is 1. The van der Waals surface area contributed by atoms with E-state index in [0.29, 0.717) is 37.4 Å². The third-order valence-corrected chi connectivity index (χ3v) is 5.10. The van der Waals surface area contributed by atoms with Gasteiger partial charge in [-0.2, -0.15) is 0 Å². The quantitative estimate of drug-likeness (QED) is 0.548. The van der Waals surface area contributed by atoms with Crippen LogP contribution in [0, 0.1) is 17.0 Å². The first-order chi connectivity index (χ1) is 13.8. The Kier molecular flexibility index (Phi) is 6.50. The van der Waals surface area contributed by atoms with E-state index in [4.69, 9.17) is 16.0 Å². The Morgan fingerprint density at radius 3 is 2.66 bits per heavy atom. The fourth-order valence-electron chi connectivity index (χ4n) is 3.23. The summed E-state index contributed by atoms with van der Waals surface area (Å²) in [5.74, 6) is -0.174. The molecule has 2 amide bonds. The maximum Gasteiger partial charge on any atom is 0.289 e. The average Bonchev–Trinajstić information content (AvgIpc) is 3.10. The van der Waals surface area contributed by atoms with E-state index in [0.717, 1.165) is 5.56 Å². The number of nitro groups is 1. The zero-order chi connectivity index (χ0) is 21.0. The second-order valence-electron chi connectivity index (χ2n) is 6.93. The molecule has 2 aromatic rings. The number of rotatable bonds is 6. The van der Waals surface area contributed by atoms with Crippen molar-refractivity contribution in [3.05, 3.63) is 57.0 Å². The molecule has 0 spiro atoms. The summed E-state index contributed by atoms with van der Waals surface area (Å²) < 4.78 is 5.20. The molecule has 1 aromatic heterocycles. The first-order valence-electron chi connectivity index (χ1n) is 9.14. The number of amides is 2. The number of nitrogens with zero attached hydrogens (tertiary/aromatic N) is 2. The normalized spacial score (nSPS) is 15.1. The van der Waals surface area contributed by atoms with Gasteiger partial charge in [-0.25, -0.2) is 0 Å². The van der Waals surface area contributed by atoms with Crippen molar-refractivity contribution in [1.29, 1.82) is 0 Å². The summed E-state index contributed by atoms with van der Waals surface area (Å²) in [6.45, 7) is 3.27. The summed E-state index contributed by atoms with van der Waals surface area (Å²) >= 11 is 5.78. The molecule has 3 rings (SSSR count). The standard InChI is InChI=1S/C19H21ClN4O5/c1-12-6-9-29-18(12)19(26)22-13-4-7-23(8-5-13)11-17(25)21-14-2-3-15(20)16(10-14)24(27)28/h2-3,6,9-10,13H,4-5,7-8,11H2,1H3,(H,21,25)(H,22,26). The van der Waals surface area contributed by atoms with Gasteiger partial charge in [-0.1, -0.05) is 11.6 Å². The number of aryl methyl sites for hydroxylation is 1. The molecular weight excluding hydrogens is 400 g/mol. The van der Waals surface area contributed by atoms with Crippen molar-refractivity contribution >= 4 is 34.8 Å². The zero-order valence-electron chi connectivity index (χ0n) is 15.8. The molecule has 0 bridgehead atoms. The second kappa shape index (κ2) is 9.06. The lowest BCUT2D eigenvalue weighted by atomic mass is 10.0. The van der Waals surface area contributed by atoms with Gasteiger partial charge < -0.3 is 15.1 Å². The highest BCUT2D eigenvalue weighted by Crippen LogP contribution is 2.27. The number of hydrogen-bond donors (Lipinski definition) is 2. The minimum absolute atomic E-state index is 0.0156. The molecule has 0 saturated carbocycles. The van der Waals surface area contributed by atoms with E-state index in [9.17, 15) is 19.7 Å². The lowest BCUT2D eigenvalue weighted by molar-refractivity contribution is -0.384. The van der Waals surface area contributed by atoms with Crippen LogP contribution in [0.25, 0.3) is 0 Å². The van der Waals surface area contributed by atoms with Gasteiger partial charge >= 0.3 is 0 Å². The Morgan fingerprint density at radius 1 is 1.31 bits per heavy atom. The van der Waals surface area contributed by atoms with E-state index < -0.39 is 4.92 Å². The van der Waals surface area contributed by atoms with Gasteiger partial charge in [0.25, 0.3) is 11.6 Å². The maximum atomic E-state index is 12.3. The number of furan rings is 1. The van der Waals surface area contributed by atoms with E-state index in [-0.39, 0.29) is 35.1 Å². The molecule has 1 aromatic carbocycles. The Balaban J connectivity index is 1.46. The molecule has 10 heteroatoms. The van der Waals surface area contributed by atoms with Crippen LogP contribution in [-0.2, 0) is 4.79 Å². The van der Waals surface area contributed by atoms with E-state index in [1.807, 2.05) is 11.8 Å². The molecule has 29 heavy (non-hydrogen) atoms. The van der Waals surface area contributed by atoms with Crippen LogP contribution >= 0.6 is 11.6 Å². The predicted molar refractivity (Wildman–Crippen MR) is 107 cm³/mol. The summed E-state index contributed by atoms with van der Waals surface area (Å²) in [7, 11) is 0. The van der Waals surface area contributed by atoms with Crippen LogP contribution in [0.5, 0.6) is 0 Å². The lowest BCUT2D eigenvalue weighted by Gasteiger charge is -2.31. The van der Waals surface area contributed by atoms with Crippen LogP contribution < -0.4 is 10.6 Å². The van der Waals surface area contributed by atoms with Crippen LogP contribution in [0.4, 0.5) is 11.4 Å². The van der Waals surface area contributed by atoms with Crippen LogP contribution in [0.2, 0.25) is 5.02 Å². The molecule has 1 aliphatic rings. The molecule has 1 aliphatic heterocycles. The maximum absolute atomic E-state index is 12.3. The van der Waals surface area contributed by atoms with Crippen molar-refractivity contribution in [2.45, 2.75) is 25.8 Å². The van der Waals surface area contributed by atoms with Gasteiger partial charge in [-0.3, -0.25) is 24.6 Å². The van der Waals surface area contributed by atoms with Gasteiger partial charge in [0.2, 0.25) is 5.91 Å². The van der Waals surface area contributed by atoms with E-state index in [1.54, 1.807) is 6.07 Å². The number of nitrogens with one attached hydrogen (secondary N) is 2. The fraction of sp³-hybridized carbons (Fsp3) is 0.368. The first-order valence-corrected chi connectivity index (χ1v) is 9.52. The van der Waals surface area contributed by atoms with Crippen LogP contribution in [-0.4, -0.2) is 47.3 Å².